The van der Waals surface area contributed by atoms with Crippen molar-refractivity contribution < 1.29 is 9.53 Å². The fourth-order valence-electron chi connectivity index (χ4n) is 2.57. The Morgan fingerprint density at radius 2 is 1.85 bits per heavy atom. The second kappa shape index (κ2) is 7.41. The maximum absolute atomic E-state index is 12.3. The molecule has 110 valence electrons. The van der Waals surface area contributed by atoms with Gasteiger partial charge in [0.15, 0.2) is 0 Å². The highest BCUT2D eigenvalue weighted by Gasteiger charge is 2.29. The molecule has 20 heavy (non-hydrogen) atoms. The summed E-state index contributed by atoms with van der Waals surface area (Å²) in [6.07, 6.45) is 0.726. The summed E-state index contributed by atoms with van der Waals surface area (Å²) in [5.74, 6) is -0.0964. The highest BCUT2D eigenvalue weighted by atomic mass is 16.5. The summed E-state index contributed by atoms with van der Waals surface area (Å²) in [7, 11) is 2.12. The van der Waals surface area contributed by atoms with Gasteiger partial charge in [-0.05, 0) is 26.0 Å². The van der Waals surface area contributed by atoms with Crippen LogP contribution in [0, 0.1) is 0 Å². The first-order valence-electron chi connectivity index (χ1n) is 7.34. The highest BCUT2D eigenvalue weighted by Crippen LogP contribution is 2.13. The van der Waals surface area contributed by atoms with Crippen LogP contribution in [0.3, 0.4) is 0 Å². The molecule has 0 N–H and O–H groups in total. The van der Waals surface area contributed by atoms with Crippen LogP contribution in [0.25, 0.3) is 0 Å². The monoisotopic (exact) mass is 276 g/mol. The molecule has 1 atom stereocenters. The largest absolute Gasteiger partial charge is 0.465 e. The molecule has 4 heteroatoms. The van der Waals surface area contributed by atoms with Gasteiger partial charge in [-0.15, -0.1) is 0 Å². The van der Waals surface area contributed by atoms with Crippen molar-refractivity contribution in [2.24, 2.45) is 0 Å². The summed E-state index contributed by atoms with van der Waals surface area (Å²) in [6.45, 7) is 6.16. The summed E-state index contributed by atoms with van der Waals surface area (Å²) >= 11 is 0. The van der Waals surface area contributed by atoms with Crippen LogP contribution < -0.4 is 0 Å². The Morgan fingerprint density at radius 3 is 2.45 bits per heavy atom. The number of ether oxygens (including phenoxy) is 1. The third-order valence-corrected chi connectivity index (χ3v) is 3.81. The van der Waals surface area contributed by atoms with Crippen molar-refractivity contribution in [2.45, 2.75) is 19.4 Å². The van der Waals surface area contributed by atoms with Crippen molar-refractivity contribution in [1.29, 1.82) is 0 Å². The van der Waals surface area contributed by atoms with Crippen LogP contribution in [0.5, 0.6) is 0 Å². The van der Waals surface area contributed by atoms with Crippen molar-refractivity contribution in [3.8, 4) is 0 Å². The fourth-order valence-corrected chi connectivity index (χ4v) is 2.57. The average Bonchev–Trinajstić information content (AvgIpc) is 2.47. The zero-order valence-electron chi connectivity index (χ0n) is 12.4. The van der Waals surface area contributed by atoms with E-state index in [0.717, 1.165) is 32.6 Å². The minimum atomic E-state index is -0.161. The van der Waals surface area contributed by atoms with E-state index in [0.29, 0.717) is 6.61 Å². The highest BCUT2D eigenvalue weighted by molar-refractivity contribution is 5.76. The molecule has 0 bridgehead atoms. The van der Waals surface area contributed by atoms with Crippen molar-refractivity contribution in [3.05, 3.63) is 35.9 Å². The topological polar surface area (TPSA) is 32.8 Å². The maximum Gasteiger partial charge on any atom is 0.323 e. The third-order valence-electron chi connectivity index (χ3n) is 3.81. The van der Waals surface area contributed by atoms with E-state index in [1.165, 1.54) is 5.56 Å². The van der Waals surface area contributed by atoms with Gasteiger partial charge in [-0.3, -0.25) is 9.69 Å². The Hall–Kier alpha value is -1.39. The summed E-state index contributed by atoms with van der Waals surface area (Å²) in [5, 5.41) is 0. The van der Waals surface area contributed by atoms with Gasteiger partial charge in [0.05, 0.1) is 6.61 Å². The van der Waals surface area contributed by atoms with Crippen LogP contribution >= 0.6 is 0 Å². The second-order valence-electron chi connectivity index (χ2n) is 5.30. The predicted molar refractivity (Wildman–Crippen MR) is 79.6 cm³/mol. The lowest BCUT2D eigenvalue weighted by Crippen LogP contribution is -2.52. The lowest BCUT2D eigenvalue weighted by atomic mass is 10.0. The van der Waals surface area contributed by atoms with E-state index in [-0.39, 0.29) is 12.0 Å². The van der Waals surface area contributed by atoms with E-state index in [9.17, 15) is 4.79 Å². The minimum absolute atomic E-state index is 0.0964. The first-order chi connectivity index (χ1) is 9.70. The Morgan fingerprint density at radius 1 is 1.20 bits per heavy atom. The van der Waals surface area contributed by atoms with E-state index in [1.54, 1.807) is 0 Å². The van der Waals surface area contributed by atoms with Gasteiger partial charge in [0.2, 0.25) is 0 Å². The summed E-state index contributed by atoms with van der Waals surface area (Å²) in [6, 6.07) is 10.0. The van der Waals surface area contributed by atoms with E-state index in [1.807, 2.05) is 25.1 Å². The minimum Gasteiger partial charge on any atom is -0.465 e. The molecule has 0 saturated carbocycles. The van der Waals surface area contributed by atoms with Crippen LogP contribution in [-0.4, -0.2) is 61.6 Å². The Balaban J connectivity index is 2.06. The zero-order valence-corrected chi connectivity index (χ0v) is 12.4. The molecule has 4 nitrogen and oxygen atoms in total. The van der Waals surface area contributed by atoms with Gasteiger partial charge in [-0.25, -0.2) is 0 Å². The molecule has 1 saturated heterocycles. The lowest BCUT2D eigenvalue weighted by Gasteiger charge is -2.36. The molecule has 0 radical (unpaired) electrons. The normalized spacial score (nSPS) is 18.7. The molecule has 0 aromatic heterocycles. The predicted octanol–water partition coefficient (Wildman–Crippen LogP) is 1.41. The molecule has 1 fully saturated rings. The van der Waals surface area contributed by atoms with E-state index < -0.39 is 0 Å². The summed E-state index contributed by atoms with van der Waals surface area (Å²) in [5.41, 5.74) is 1.18. The summed E-state index contributed by atoms with van der Waals surface area (Å²) < 4.78 is 5.26. The van der Waals surface area contributed by atoms with Crippen LogP contribution in [0.2, 0.25) is 0 Å². The number of carbonyl (C=O) groups excluding carboxylic acids is 1. The van der Waals surface area contributed by atoms with E-state index in [4.69, 9.17) is 4.74 Å². The smallest absolute Gasteiger partial charge is 0.323 e. The quantitative estimate of drug-likeness (QED) is 0.761. The van der Waals surface area contributed by atoms with Gasteiger partial charge in [-0.2, -0.15) is 0 Å². The van der Waals surface area contributed by atoms with Gasteiger partial charge in [-0.1, -0.05) is 30.3 Å². The molecule has 1 aromatic rings. The molecule has 0 aliphatic carbocycles. The van der Waals surface area contributed by atoms with E-state index in [2.05, 4.69) is 29.0 Å². The summed E-state index contributed by atoms with van der Waals surface area (Å²) in [4.78, 5) is 16.8. The molecule has 1 aliphatic rings. The van der Waals surface area contributed by atoms with Gasteiger partial charge in [0.25, 0.3) is 0 Å². The van der Waals surface area contributed by atoms with Crippen molar-refractivity contribution >= 4 is 5.97 Å². The number of nitrogens with zero attached hydrogens (tertiary/aromatic N) is 2. The van der Waals surface area contributed by atoms with Gasteiger partial charge < -0.3 is 9.64 Å². The Labute approximate surface area is 121 Å². The first kappa shape index (κ1) is 15.0. The van der Waals surface area contributed by atoms with Crippen molar-refractivity contribution in [3.63, 3.8) is 0 Å². The molecule has 1 unspecified atom stereocenters. The number of likely N-dealkylation sites (N-methyl/N-ethyl adjacent to an activating group) is 1. The van der Waals surface area contributed by atoms with Gasteiger partial charge in [0.1, 0.15) is 6.04 Å². The molecule has 1 heterocycles. The SMILES string of the molecule is CCOC(=O)C(Cc1ccccc1)N1CCN(C)CC1. The number of hydrogen-bond donors (Lipinski definition) is 0. The molecular formula is C16H24N2O2. The van der Waals surface area contributed by atoms with Gasteiger partial charge in [0, 0.05) is 26.2 Å². The molecular weight excluding hydrogens is 252 g/mol. The zero-order chi connectivity index (χ0) is 14.4. The van der Waals surface area contributed by atoms with E-state index >= 15 is 0 Å². The van der Waals surface area contributed by atoms with Crippen LogP contribution in [-0.2, 0) is 16.0 Å². The molecule has 1 aromatic carbocycles. The standard InChI is InChI=1S/C16H24N2O2/c1-3-20-16(19)15(13-14-7-5-4-6-8-14)18-11-9-17(2)10-12-18/h4-8,15H,3,9-13H2,1-2H3. The third kappa shape index (κ3) is 4.05. The molecule has 0 amide bonds. The number of rotatable bonds is 5. The second-order valence-corrected chi connectivity index (χ2v) is 5.30. The number of hydrogen-bond acceptors (Lipinski definition) is 4. The number of esters is 1. The molecule has 0 spiro atoms. The Bertz CT molecular complexity index is 414. The number of benzene rings is 1. The van der Waals surface area contributed by atoms with Crippen LogP contribution in [0.1, 0.15) is 12.5 Å². The average molecular weight is 276 g/mol. The number of carbonyl (C=O) groups is 1. The molecule has 1 aliphatic heterocycles. The van der Waals surface area contributed by atoms with Crippen molar-refractivity contribution in [1.82, 2.24) is 9.80 Å². The Kier molecular flexibility index (Phi) is 5.56. The lowest BCUT2D eigenvalue weighted by molar-refractivity contribution is -0.150. The van der Waals surface area contributed by atoms with Gasteiger partial charge >= 0.3 is 5.97 Å². The van der Waals surface area contributed by atoms with Crippen molar-refractivity contribution in [2.75, 3.05) is 39.8 Å². The molecule has 2 rings (SSSR count). The first-order valence-corrected chi connectivity index (χ1v) is 7.34. The van der Waals surface area contributed by atoms with Crippen LogP contribution in [0.4, 0.5) is 0 Å². The van der Waals surface area contributed by atoms with Crippen LogP contribution in [0.15, 0.2) is 30.3 Å². The number of piperazine rings is 1. The fraction of sp³-hybridized carbons (Fsp3) is 0.562. The maximum atomic E-state index is 12.3.